The molecule has 0 spiro atoms. The Labute approximate surface area is 110 Å². The second-order valence-electron chi connectivity index (χ2n) is 4.07. The van der Waals surface area contributed by atoms with Gasteiger partial charge in [0, 0.05) is 18.6 Å². The number of pyridine rings is 2. The number of hydrogen-bond donors (Lipinski definition) is 1. The summed E-state index contributed by atoms with van der Waals surface area (Å²) < 4.78 is 13.5. The first-order valence-corrected chi connectivity index (χ1v) is 6.02. The lowest BCUT2D eigenvalue weighted by Gasteiger charge is -2.17. The highest BCUT2D eigenvalue weighted by Crippen LogP contribution is 2.16. The molecule has 1 N–H and O–H groups in total. The Kier molecular flexibility index (Phi) is 4.18. The third-order valence-corrected chi connectivity index (χ3v) is 2.84. The van der Waals surface area contributed by atoms with Crippen molar-refractivity contribution in [2.24, 2.45) is 0 Å². The van der Waals surface area contributed by atoms with Gasteiger partial charge in [0.25, 0.3) is 5.91 Å². The lowest BCUT2D eigenvalue weighted by Crippen LogP contribution is -2.28. The molecule has 0 aliphatic carbocycles. The van der Waals surface area contributed by atoms with Gasteiger partial charge in [-0.15, -0.1) is 0 Å². The van der Waals surface area contributed by atoms with Gasteiger partial charge >= 0.3 is 0 Å². The normalized spacial score (nSPS) is 11.9. The van der Waals surface area contributed by atoms with E-state index in [4.69, 9.17) is 0 Å². The molecule has 2 rings (SSSR count). The number of halogens is 1. The molecule has 1 amide bonds. The van der Waals surface area contributed by atoms with Gasteiger partial charge in [-0.05, 0) is 30.2 Å². The van der Waals surface area contributed by atoms with Gasteiger partial charge in [-0.2, -0.15) is 0 Å². The van der Waals surface area contributed by atoms with Crippen LogP contribution in [0.5, 0.6) is 0 Å². The fourth-order valence-electron chi connectivity index (χ4n) is 1.81. The number of hydrogen-bond acceptors (Lipinski definition) is 3. The summed E-state index contributed by atoms with van der Waals surface area (Å²) in [5.41, 5.74) is 0.947. The molecule has 2 aromatic rings. The van der Waals surface area contributed by atoms with Crippen LogP contribution in [0.15, 0.2) is 43.0 Å². The third-order valence-electron chi connectivity index (χ3n) is 2.84. The highest BCUT2D eigenvalue weighted by atomic mass is 19.1. The van der Waals surface area contributed by atoms with E-state index in [1.807, 2.05) is 19.1 Å². The van der Waals surface area contributed by atoms with Crippen LogP contribution in [0.25, 0.3) is 0 Å². The van der Waals surface area contributed by atoms with Crippen LogP contribution in [0, 0.1) is 5.82 Å². The van der Waals surface area contributed by atoms with Crippen LogP contribution in [0.1, 0.15) is 35.3 Å². The highest BCUT2D eigenvalue weighted by molar-refractivity contribution is 5.94. The van der Waals surface area contributed by atoms with Crippen LogP contribution >= 0.6 is 0 Å². The Balaban J connectivity index is 2.16. The van der Waals surface area contributed by atoms with Crippen molar-refractivity contribution >= 4 is 5.91 Å². The van der Waals surface area contributed by atoms with E-state index >= 15 is 0 Å². The van der Waals surface area contributed by atoms with Gasteiger partial charge < -0.3 is 5.32 Å². The molecule has 2 heterocycles. The molecule has 1 atom stereocenters. The molecule has 0 saturated heterocycles. The Bertz CT molecular complexity index is 560. The largest absolute Gasteiger partial charge is 0.345 e. The van der Waals surface area contributed by atoms with Crippen molar-refractivity contribution < 1.29 is 9.18 Å². The van der Waals surface area contributed by atoms with E-state index in [0.717, 1.165) is 11.8 Å². The van der Waals surface area contributed by atoms with Crippen LogP contribution in [0.2, 0.25) is 0 Å². The Morgan fingerprint density at radius 2 is 1.95 bits per heavy atom. The molecular formula is C14H14FN3O. The topological polar surface area (TPSA) is 54.9 Å². The summed E-state index contributed by atoms with van der Waals surface area (Å²) in [4.78, 5) is 19.6. The van der Waals surface area contributed by atoms with Crippen LogP contribution in [0.4, 0.5) is 4.39 Å². The van der Waals surface area contributed by atoms with Crippen molar-refractivity contribution in [3.8, 4) is 0 Å². The second kappa shape index (κ2) is 6.04. The van der Waals surface area contributed by atoms with Gasteiger partial charge in [-0.25, -0.2) is 4.39 Å². The zero-order valence-electron chi connectivity index (χ0n) is 10.5. The van der Waals surface area contributed by atoms with E-state index in [2.05, 4.69) is 15.3 Å². The quantitative estimate of drug-likeness (QED) is 0.917. The average Bonchev–Trinajstić information content (AvgIpc) is 2.46. The maximum Gasteiger partial charge on any atom is 0.254 e. The molecule has 1 unspecified atom stereocenters. The van der Waals surface area contributed by atoms with Crippen molar-refractivity contribution in [3.05, 3.63) is 59.9 Å². The minimum absolute atomic E-state index is 0.00232. The molecule has 0 aliphatic rings. The van der Waals surface area contributed by atoms with Gasteiger partial charge in [0.15, 0.2) is 5.82 Å². The third kappa shape index (κ3) is 3.13. The fraction of sp³-hybridized carbons (Fsp3) is 0.214. The predicted molar refractivity (Wildman–Crippen MR) is 68.9 cm³/mol. The average molecular weight is 259 g/mol. The fourth-order valence-corrected chi connectivity index (χ4v) is 1.81. The van der Waals surface area contributed by atoms with Gasteiger partial charge in [0.05, 0.1) is 17.8 Å². The molecule has 2 aromatic heterocycles. The molecule has 0 radical (unpaired) electrons. The molecule has 98 valence electrons. The molecular weight excluding hydrogens is 245 g/mol. The lowest BCUT2D eigenvalue weighted by atomic mass is 10.1. The maximum absolute atomic E-state index is 13.5. The van der Waals surface area contributed by atoms with E-state index in [1.54, 1.807) is 12.4 Å². The number of rotatable bonds is 4. The summed E-state index contributed by atoms with van der Waals surface area (Å²) in [5.74, 6) is -1.06. The highest BCUT2D eigenvalue weighted by Gasteiger charge is 2.16. The number of carbonyl (C=O) groups excluding carboxylic acids is 1. The number of nitrogens with one attached hydrogen (secondary N) is 1. The summed E-state index contributed by atoms with van der Waals surface area (Å²) in [6.45, 7) is 1.95. The standard InChI is InChI=1S/C14H14FN3O/c1-2-13(10-3-6-16-7-4-10)18-14(19)11-5-8-17-9-12(11)15/h3-9,13H,2H2,1H3,(H,18,19). The van der Waals surface area contributed by atoms with E-state index in [9.17, 15) is 9.18 Å². The zero-order chi connectivity index (χ0) is 13.7. The van der Waals surface area contributed by atoms with Crippen molar-refractivity contribution in [2.45, 2.75) is 19.4 Å². The van der Waals surface area contributed by atoms with E-state index < -0.39 is 11.7 Å². The SMILES string of the molecule is CCC(NC(=O)c1ccncc1F)c1ccncc1. The van der Waals surface area contributed by atoms with Crippen molar-refractivity contribution in [1.82, 2.24) is 15.3 Å². The van der Waals surface area contributed by atoms with E-state index in [0.29, 0.717) is 6.42 Å². The zero-order valence-corrected chi connectivity index (χ0v) is 10.5. The molecule has 0 bridgehead atoms. The first-order valence-electron chi connectivity index (χ1n) is 6.02. The monoisotopic (exact) mass is 259 g/mol. The van der Waals surface area contributed by atoms with Crippen LogP contribution in [0.3, 0.4) is 0 Å². The van der Waals surface area contributed by atoms with Crippen molar-refractivity contribution in [2.75, 3.05) is 0 Å². The Morgan fingerprint density at radius 1 is 1.26 bits per heavy atom. The Morgan fingerprint density at radius 3 is 2.58 bits per heavy atom. The van der Waals surface area contributed by atoms with Crippen LogP contribution < -0.4 is 5.32 Å². The molecule has 0 fully saturated rings. The molecule has 4 nitrogen and oxygen atoms in total. The minimum Gasteiger partial charge on any atom is -0.345 e. The number of carbonyl (C=O) groups is 1. The number of nitrogens with zero attached hydrogens (tertiary/aromatic N) is 2. The summed E-state index contributed by atoms with van der Waals surface area (Å²) in [6, 6.07) is 4.86. The summed E-state index contributed by atoms with van der Waals surface area (Å²) in [5, 5.41) is 2.81. The minimum atomic E-state index is -0.621. The van der Waals surface area contributed by atoms with Crippen LogP contribution in [-0.4, -0.2) is 15.9 Å². The number of amides is 1. The van der Waals surface area contributed by atoms with Gasteiger partial charge in [-0.1, -0.05) is 6.92 Å². The van der Waals surface area contributed by atoms with E-state index in [1.165, 1.54) is 12.3 Å². The summed E-state index contributed by atoms with van der Waals surface area (Å²) in [7, 11) is 0. The van der Waals surface area contributed by atoms with Gasteiger partial charge in [0.2, 0.25) is 0 Å². The van der Waals surface area contributed by atoms with Crippen molar-refractivity contribution in [1.29, 1.82) is 0 Å². The Hall–Kier alpha value is -2.30. The maximum atomic E-state index is 13.5. The lowest BCUT2D eigenvalue weighted by molar-refractivity contribution is 0.0931. The van der Waals surface area contributed by atoms with Crippen LogP contribution in [-0.2, 0) is 0 Å². The van der Waals surface area contributed by atoms with Gasteiger partial charge in [-0.3, -0.25) is 14.8 Å². The van der Waals surface area contributed by atoms with E-state index in [-0.39, 0.29) is 11.6 Å². The summed E-state index contributed by atoms with van der Waals surface area (Å²) in [6.07, 6.45) is 6.46. The molecule has 0 aliphatic heterocycles. The molecule has 5 heteroatoms. The molecule has 0 saturated carbocycles. The molecule has 0 aromatic carbocycles. The first kappa shape index (κ1) is 13.1. The van der Waals surface area contributed by atoms with Gasteiger partial charge in [0.1, 0.15) is 0 Å². The second-order valence-corrected chi connectivity index (χ2v) is 4.07. The molecule has 19 heavy (non-hydrogen) atoms. The predicted octanol–water partition coefficient (Wildman–Crippen LogP) is 2.50. The number of aromatic nitrogens is 2. The van der Waals surface area contributed by atoms with Crippen molar-refractivity contribution in [3.63, 3.8) is 0 Å². The smallest absolute Gasteiger partial charge is 0.254 e. The summed E-state index contributed by atoms with van der Waals surface area (Å²) >= 11 is 0. The first-order chi connectivity index (χ1) is 9.22.